The molecule has 0 saturated heterocycles. The topological polar surface area (TPSA) is 105 Å². The van der Waals surface area contributed by atoms with Crippen LogP contribution in [0.3, 0.4) is 0 Å². The molecular formula is C34H33NO7. The summed E-state index contributed by atoms with van der Waals surface area (Å²) in [6.45, 7) is 8.21. The lowest BCUT2D eigenvalue weighted by Crippen LogP contribution is -2.37. The van der Waals surface area contributed by atoms with Crippen molar-refractivity contribution in [3.05, 3.63) is 88.5 Å². The van der Waals surface area contributed by atoms with E-state index in [2.05, 4.69) is 32.9 Å². The Kier molecular flexibility index (Phi) is 6.67. The fourth-order valence-corrected chi connectivity index (χ4v) is 6.22. The molecule has 0 amide bonds. The molecule has 1 aromatic heterocycles. The number of carbonyl (C=O) groups excluding carboxylic acids is 3. The number of esters is 1. The SMILES string of the molecule is COc1cc(C2C3=C(CC(C)(C)CC3=O)OC3=C2C(=O)CC(C)(C)C3)ccc1OC(=O)c1cc(-c2ccccc2)on1. The Morgan fingerprint density at radius 1 is 0.833 bits per heavy atom. The number of benzene rings is 2. The second-order valence-corrected chi connectivity index (χ2v) is 12.8. The van der Waals surface area contributed by atoms with Gasteiger partial charge in [0.2, 0.25) is 0 Å². The Morgan fingerprint density at radius 2 is 1.45 bits per heavy atom. The number of methoxy groups -OCH3 is 1. The summed E-state index contributed by atoms with van der Waals surface area (Å²) in [5, 5.41) is 3.87. The van der Waals surface area contributed by atoms with Crippen molar-refractivity contribution in [1.82, 2.24) is 5.16 Å². The minimum Gasteiger partial charge on any atom is -0.493 e. The van der Waals surface area contributed by atoms with Crippen LogP contribution in [0.25, 0.3) is 11.3 Å². The lowest BCUT2D eigenvalue weighted by Gasteiger charge is -2.42. The molecule has 0 atom stereocenters. The molecule has 0 spiro atoms. The zero-order chi connectivity index (χ0) is 29.8. The Labute approximate surface area is 244 Å². The van der Waals surface area contributed by atoms with Crippen molar-refractivity contribution in [3.63, 3.8) is 0 Å². The first-order valence-electron chi connectivity index (χ1n) is 14.1. The molecule has 0 fully saturated rings. The average molecular weight is 568 g/mol. The zero-order valence-electron chi connectivity index (χ0n) is 24.4. The van der Waals surface area contributed by atoms with Gasteiger partial charge in [-0.1, -0.05) is 69.2 Å². The first kappa shape index (κ1) is 27.7. The first-order chi connectivity index (χ1) is 19.9. The number of carbonyl (C=O) groups is 3. The maximum atomic E-state index is 13.6. The molecule has 2 heterocycles. The molecular weight excluding hydrogens is 534 g/mol. The van der Waals surface area contributed by atoms with Gasteiger partial charge < -0.3 is 18.7 Å². The number of nitrogens with zero attached hydrogens (tertiary/aromatic N) is 1. The third kappa shape index (κ3) is 5.06. The van der Waals surface area contributed by atoms with Crippen LogP contribution in [0.1, 0.15) is 75.3 Å². The van der Waals surface area contributed by atoms with E-state index in [4.69, 9.17) is 18.7 Å². The molecule has 0 N–H and O–H groups in total. The molecule has 3 aromatic rings. The maximum Gasteiger partial charge on any atom is 0.366 e. The summed E-state index contributed by atoms with van der Waals surface area (Å²) < 4.78 is 23.0. The highest BCUT2D eigenvalue weighted by Crippen LogP contribution is 2.53. The minimum atomic E-state index is -0.706. The summed E-state index contributed by atoms with van der Waals surface area (Å²) in [5.74, 6) is 0.851. The first-order valence-corrected chi connectivity index (χ1v) is 14.1. The molecule has 42 heavy (non-hydrogen) atoms. The summed E-state index contributed by atoms with van der Waals surface area (Å²) in [6, 6.07) is 16.0. The largest absolute Gasteiger partial charge is 0.493 e. The van der Waals surface area contributed by atoms with Crippen LogP contribution in [0, 0.1) is 10.8 Å². The van der Waals surface area contributed by atoms with Crippen molar-refractivity contribution >= 4 is 17.5 Å². The van der Waals surface area contributed by atoms with Gasteiger partial charge in [-0.2, -0.15) is 0 Å². The predicted molar refractivity (Wildman–Crippen MR) is 154 cm³/mol. The van der Waals surface area contributed by atoms with E-state index in [1.165, 1.54) is 13.2 Å². The normalized spacial score (nSPS) is 19.6. The van der Waals surface area contributed by atoms with Crippen LogP contribution in [-0.4, -0.2) is 29.8 Å². The van der Waals surface area contributed by atoms with Crippen molar-refractivity contribution in [3.8, 4) is 22.8 Å². The van der Waals surface area contributed by atoms with Gasteiger partial charge in [0, 0.05) is 54.4 Å². The molecule has 1 aliphatic heterocycles. The summed E-state index contributed by atoms with van der Waals surface area (Å²) in [7, 11) is 1.47. The van der Waals surface area contributed by atoms with Gasteiger partial charge in [0.25, 0.3) is 0 Å². The molecule has 0 bridgehead atoms. The van der Waals surface area contributed by atoms with Gasteiger partial charge in [-0.05, 0) is 28.5 Å². The van der Waals surface area contributed by atoms with Crippen LogP contribution in [-0.2, 0) is 14.3 Å². The van der Waals surface area contributed by atoms with E-state index in [-0.39, 0.29) is 39.6 Å². The van der Waals surface area contributed by atoms with E-state index in [1.54, 1.807) is 18.2 Å². The molecule has 8 nitrogen and oxygen atoms in total. The fraction of sp³-hybridized carbons (Fsp3) is 0.353. The second kappa shape index (κ2) is 10.1. The van der Waals surface area contributed by atoms with E-state index >= 15 is 0 Å². The number of hydrogen-bond donors (Lipinski definition) is 0. The third-order valence-corrected chi connectivity index (χ3v) is 8.08. The van der Waals surface area contributed by atoms with E-state index in [1.807, 2.05) is 30.3 Å². The van der Waals surface area contributed by atoms with Crippen LogP contribution in [0.5, 0.6) is 11.5 Å². The van der Waals surface area contributed by atoms with E-state index in [0.29, 0.717) is 59.7 Å². The molecule has 8 heteroatoms. The highest BCUT2D eigenvalue weighted by molar-refractivity contribution is 6.06. The van der Waals surface area contributed by atoms with Gasteiger partial charge in [-0.15, -0.1) is 0 Å². The number of Topliss-reactive ketones (excluding diaryl/α,β-unsaturated/α-hetero) is 2. The van der Waals surface area contributed by atoms with Crippen LogP contribution in [0.4, 0.5) is 0 Å². The molecule has 3 aliphatic rings. The molecule has 2 aromatic carbocycles. The molecule has 216 valence electrons. The van der Waals surface area contributed by atoms with E-state index < -0.39 is 11.9 Å². The van der Waals surface area contributed by atoms with Crippen molar-refractivity contribution < 1.29 is 33.1 Å². The summed E-state index contributed by atoms with van der Waals surface area (Å²) >= 11 is 0. The van der Waals surface area contributed by atoms with Gasteiger partial charge in [0.05, 0.1) is 7.11 Å². The van der Waals surface area contributed by atoms with Crippen LogP contribution >= 0.6 is 0 Å². The second-order valence-electron chi connectivity index (χ2n) is 12.8. The van der Waals surface area contributed by atoms with Gasteiger partial charge in [0.1, 0.15) is 11.5 Å². The highest BCUT2D eigenvalue weighted by Gasteiger charge is 2.48. The fourth-order valence-electron chi connectivity index (χ4n) is 6.22. The Hall–Kier alpha value is -4.46. The Morgan fingerprint density at radius 3 is 2.05 bits per heavy atom. The van der Waals surface area contributed by atoms with Gasteiger partial charge in [-0.3, -0.25) is 9.59 Å². The van der Waals surface area contributed by atoms with Crippen molar-refractivity contribution in [2.24, 2.45) is 10.8 Å². The lowest BCUT2D eigenvalue weighted by molar-refractivity contribution is -0.120. The number of ketones is 2. The standard InChI is InChI=1S/C34H33NO7/c1-33(2)15-22(36)30-27(17-33)40-28-18-34(3,4)16-23(37)31(28)29(30)20-11-12-24(26(13-20)39-5)41-32(38)21-14-25(42-35-21)19-9-7-6-8-10-19/h6-14,29H,15-18H2,1-5H3. The Bertz CT molecular complexity index is 1620. The molecule has 6 rings (SSSR count). The summed E-state index contributed by atoms with van der Waals surface area (Å²) in [5.41, 5.74) is 2.07. The summed E-state index contributed by atoms with van der Waals surface area (Å²) in [4.78, 5) is 40.1. The third-order valence-electron chi connectivity index (χ3n) is 8.08. The maximum absolute atomic E-state index is 13.6. The Balaban J connectivity index is 1.35. The van der Waals surface area contributed by atoms with Crippen LogP contribution in [0.2, 0.25) is 0 Å². The average Bonchev–Trinajstić information content (AvgIpc) is 3.42. The van der Waals surface area contributed by atoms with Gasteiger partial charge in [-0.25, -0.2) is 4.79 Å². The van der Waals surface area contributed by atoms with Gasteiger partial charge >= 0.3 is 5.97 Å². The predicted octanol–water partition coefficient (Wildman–Crippen LogP) is 6.97. The quantitative estimate of drug-likeness (QED) is 0.240. The zero-order valence-corrected chi connectivity index (χ0v) is 24.4. The number of rotatable bonds is 5. The molecule has 2 aliphatic carbocycles. The van der Waals surface area contributed by atoms with Crippen LogP contribution < -0.4 is 9.47 Å². The number of ether oxygens (including phenoxy) is 3. The van der Waals surface area contributed by atoms with Crippen molar-refractivity contribution in [1.29, 1.82) is 0 Å². The monoisotopic (exact) mass is 567 g/mol. The number of aromatic nitrogens is 1. The molecule has 0 saturated carbocycles. The summed E-state index contributed by atoms with van der Waals surface area (Å²) in [6.07, 6.45) is 1.93. The number of hydrogen-bond acceptors (Lipinski definition) is 8. The molecule has 0 radical (unpaired) electrons. The van der Waals surface area contributed by atoms with Crippen molar-refractivity contribution in [2.75, 3.05) is 7.11 Å². The lowest BCUT2D eigenvalue weighted by atomic mass is 9.65. The smallest absolute Gasteiger partial charge is 0.366 e. The minimum absolute atomic E-state index is 0.0137. The number of allylic oxidation sites excluding steroid dienone is 4. The highest BCUT2D eigenvalue weighted by atomic mass is 16.6. The van der Waals surface area contributed by atoms with Crippen LogP contribution in [0.15, 0.2) is 81.8 Å². The van der Waals surface area contributed by atoms with E-state index in [0.717, 1.165) is 5.56 Å². The molecule has 0 unspecified atom stereocenters. The van der Waals surface area contributed by atoms with Gasteiger partial charge in [0.15, 0.2) is 34.5 Å². The van der Waals surface area contributed by atoms with Crippen molar-refractivity contribution in [2.45, 2.75) is 59.3 Å². The van der Waals surface area contributed by atoms with E-state index in [9.17, 15) is 14.4 Å².